The van der Waals surface area contributed by atoms with Gasteiger partial charge in [0.1, 0.15) is 0 Å². The molecule has 0 radical (unpaired) electrons. The van der Waals surface area contributed by atoms with Gasteiger partial charge < -0.3 is 5.32 Å². The van der Waals surface area contributed by atoms with Gasteiger partial charge in [-0.1, -0.05) is 29.8 Å². The minimum atomic E-state index is -3.42. The second kappa shape index (κ2) is 8.39. The minimum absolute atomic E-state index is 0.133. The van der Waals surface area contributed by atoms with Crippen LogP contribution in [-0.2, 0) is 10.0 Å². The molecule has 0 heterocycles. The molecular formula is C21H26N2O3S. The number of hydrogen-bond acceptors (Lipinski definition) is 3. The fraction of sp³-hybridized carbons (Fsp3) is 0.286. The Balaban J connectivity index is 2.16. The fourth-order valence-electron chi connectivity index (χ4n) is 3.00. The summed E-state index contributed by atoms with van der Waals surface area (Å²) in [6.07, 6.45) is 2.66. The van der Waals surface area contributed by atoms with Gasteiger partial charge in [-0.15, -0.1) is 6.58 Å². The van der Waals surface area contributed by atoms with Crippen LogP contribution in [0.15, 0.2) is 55.1 Å². The first-order chi connectivity index (χ1) is 12.6. The molecule has 0 saturated heterocycles. The number of nitrogens with zero attached hydrogens (tertiary/aromatic N) is 1. The Morgan fingerprint density at radius 2 is 1.81 bits per heavy atom. The van der Waals surface area contributed by atoms with Gasteiger partial charge in [-0.25, -0.2) is 8.42 Å². The van der Waals surface area contributed by atoms with Crippen molar-refractivity contribution in [2.24, 2.45) is 0 Å². The van der Waals surface area contributed by atoms with Crippen molar-refractivity contribution >= 4 is 21.6 Å². The van der Waals surface area contributed by atoms with Gasteiger partial charge >= 0.3 is 0 Å². The molecule has 0 aliphatic rings. The molecule has 0 saturated carbocycles. The first-order valence-corrected chi connectivity index (χ1v) is 10.5. The van der Waals surface area contributed by atoms with Crippen LogP contribution in [0.4, 0.5) is 5.69 Å². The predicted octanol–water partition coefficient (Wildman–Crippen LogP) is 3.75. The number of hydrogen-bond donors (Lipinski definition) is 1. The molecule has 2 aromatic rings. The Morgan fingerprint density at radius 1 is 1.19 bits per heavy atom. The maximum atomic E-state index is 12.6. The Kier molecular flexibility index (Phi) is 6.44. The lowest BCUT2D eigenvalue weighted by Crippen LogP contribution is -2.30. The highest BCUT2D eigenvalue weighted by molar-refractivity contribution is 7.92. The third kappa shape index (κ3) is 5.20. The van der Waals surface area contributed by atoms with Crippen molar-refractivity contribution in [2.45, 2.75) is 26.8 Å². The molecule has 0 aliphatic carbocycles. The van der Waals surface area contributed by atoms with E-state index in [1.165, 1.54) is 15.9 Å². The van der Waals surface area contributed by atoms with E-state index in [0.29, 0.717) is 11.3 Å². The molecule has 0 aliphatic heterocycles. The summed E-state index contributed by atoms with van der Waals surface area (Å²) in [6, 6.07) is 12.5. The Labute approximate surface area is 161 Å². The first-order valence-electron chi connectivity index (χ1n) is 8.70. The van der Waals surface area contributed by atoms with Gasteiger partial charge in [0, 0.05) is 5.56 Å². The molecule has 2 rings (SSSR count). The Bertz CT molecular complexity index is 934. The number of amides is 1. The van der Waals surface area contributed by atoms with E-state index in [0.717, 1.165) is 17.4 Å². The molecule has 0 spiro atoms. The zero-order valence-electron chi connectivity index (χ0n) is 16.2. The van der Waals surface area contributed by atoms with Crippen LogP contribution in [0.25, 0.3) is 0 Å². The number of anilines is 1. The van der Waals surface area contributed by atoms with E-state index in [1.807, 2.05) is 32.9 Å². The summed E-state index contributed by atoms with van der Waals surface area (Å²) in [4.78, 5) is 12.6. The molecular weight excluding hydrogens is 360 g/mol. The van der Waals surface area contributed by atoms with E-state index in [-0.39, 0.29) is 18.5 Å². The highest BCUT2D eigenvalue weighted by Gasteiger charge is 2.17. The van der Waals surface area contributed by atoms with Crippen LogP contribution in [0.3, 0.4) is 0 Å². The normalized spacial score (nSPS) is 12.3. The molecule has 1 amide bonds. The topological polar surface area (TPSA) is 66.5 Å². The molecule has 144 valence electrons. The van der Waals surface area contributed by atoms with Gasteiger partial charge in [0.2, 0.25) is 10.0 Å². The first kappa shape index (κ1) is 20.7. The lowest BCUT2D eigenvalue weighted by molar-refractivity contribution is 0.0940. The zero-order chi connectivity index (χ0) is 20.2. The Hall–Kier alpha value is -2.60. The highest BCUT2D eigenvalue weighted by atomic mass is 32.2. The molecule has 0 unspecified atom stereocenters. The second-order valence-electron chi connectivity index (χ2n) is 6.68. The van der Waals surface area contributed by atoms with Crippen LogP contribution >= 0.6 is 0 Å². The van der Waals surface area contributed by atoms with Gasteiger partial charge in [-0.2, -0.15) is 0 Å². The summed E-state index contributed by atoms with van der Waals surface area (Å²) in [6.45, 7) is 9.77. The van der Waals surface area contributed by atoms with E-state index in [4.69, 9.17) is 0 Å². The zero-order valence-corrected chi connectivity index (χ0v) is 17.0. The average molecular weight is 387 g/mol. The van der Waals surface area contributed by atoms with Crippen molar-refractivity contribution in [1.82, 2.24) is 5.32 Å². The lowest BCUT2D eigenvalue weighted by Gasteiger charge is -2.21. The molecule has 0 aromatic heterocycles. The molecule has 5 nitrogen and oxygen atoms in total. The monoisotopic (exact) mass is 386 g/mol. The van der Waals surface area contributed by atoms with Crippen molar-refractivity contribution in [1.29, 1.82) is 0 Å². The summed E-state index contributed by atoms with van der Waals surface area (Å²) in [5.41, 5.74) is 4.35. The van der Waals surface area contributed by atoms with Crippen molar-refractivity contribution in [3.05, 3.63) is 77.4 Å². The predicted molar refractivity (Wildman–Crippen MR) is 111 cm³/mol. The van der Waals surface area contributed by atoms with Gasteiger partial charge in [0.25, 0.3) is 5.91 Å². The van der Waals surface area contributed by atoms with E-state index in [1.54, 1.807) is 24.3 Å². The summed E-state index contributed by atoms with van der Waals surface area (Å²) < 4.78 is 25.0. The molecule has 6 heteroatoms. The quantitative estimate of drug-likeness (QED) is 0.737. The van der Waals surface area contributed by atoms with Crippen LogP contribution in [-0.4, -0.2) is 27.1 Å². The van der Waals surface area contributed by atoms with Crippen LogP contribution in [0, 0.1) is 13.8 Å². The molecule has 1 N–H and O–H groups in total. The minimum Gasteiger partial charge on any atom is -0.346 e. The molecule has 2 aromatic carbocycles. The number of aryl methyl sites for hydroxylation is 2. The SMILES string of the molecule is C=CCN(c1ccc(C(=O)N[C@H](C)c2ccc(C)cc2C)cc1)S(C)(=O)=O. The summed E-state index contributed by atoms with van der Waals surface area (Å²) in [7, 11) is -3.42. The number of carbonyl (C=O) groups is 1. The maximum Gasteiger partial charge on any atom is 0.251 e. The molecule has 27 heavy (non-hydrogen) atoms. The van der Waals surface area contributed by atoms with Crippen molar-refractivity contribution in [3.63, 3.8) is 0 Å². The molecule has 0 fully saturated rings. The number of carbonyl (C=O) groups excluding carboxylic acids is 1. The van der Waals surface area contributed by atoms with Crippen LogP contribution in [0.5, 0.6) is 0 Å². The van der Waals surface area contributed by atoms with Crippen molar-refractivity contribution in [3.8, 4) is 0 Å². The summed E-state index contributed by atoms with van der Waals surface area (Å²) in [5, 5.41) is 2.99. The van der Waals surface area contributed by atoms with Crippen LogP contribution in [0.2, 0.25) is 0 Å². The smallest absolute Gasteiger partial charge is 0.251 e. The number of nitrogens with one attached hydrogen (secondary N) is 1. The third-order valence-corrected chi connectivity index (χ3v) is 5.51. The van der Waals surface area contributed by atoms with Crippen LogP contribution < -0.4 is 9.62 Å². The van der Waals surface area contributed by atoms with Crippen LogP contribution in [0.1, 0.15) is 40.0 Å². The fourth-order valence-corrected chi connectivity index (χ4v) is 3.88. The van der Waals surface area contributed by atoms with Crippen molar-refractivity contribution in [2.75, 3.05) is 17.1 Å². The number of benzene rings is 2. The largest absolute Gasteiger partial charge is 0.346 e. The van der Waals surface area contributed by atoms with E-state index in [9.17, 15) is 13.2 Å². The van der Waals surface area contributed by atoms with Gasteiger partial charge in [0.05, 0.1) is 24.5 Å². The van der Waals surface area contributed by atoms with E-state index >= 15 is 0 Å². The maximum absolute atomic E-state index is 12.6. The highest BCUT2D eigenvalue weighted by Crippen LogP contribution is 2.21. The van der Waals surface area contributed by atoms with Gasteiger partial charge in [-0.3, -0.25) is 9.10 Å². The molecule has 0 bridgehead atoms. The third-order valence-electron chi connectivity index (χ3n) is 4.35. The molecule has 1 atom stereocenters. The Morgan fingerprint density at radius 3 is 2.33 bits per heavy atom. The summed E-state index contributed by atoms with van der Waals surface area (Å²) in [5.74, 6) is -0.205. The summed E-state index contributed by atoms with van der Waals surface area (Å²) >= 11 is 0. The standard InChI is InChI=1S/C21H26N2O3S/c1-6-13-23(27(5,25)26)19-10-8-18(9-11-19)21(24)22-17(4)20-12-7-15(2)14-16(20)3/h6-12,14,17H,1,13H2,2-5H3,(H,22,24)/t17-/m1/s1. The second-order valence-corrected chi connectivity index (χ2v) is 8.59. The lowest BCUT2D eigenvalue weighted by atomic mass is 10.00. The van der Waals surface area contributed by atoms with Gasteiger partial charge in [0.15, 0.2) is 0 Å². The van der Waals surface area contributed by atoms with Crippen molar-refractivity contribution < 1.29 is 13.2 Å². The average Bonchev–Trinajstić information content (AvgIpc) is 2.58. The van der Waals surface area contributed by atoms with E-state index in [2.05, 4.69) is 18.0 Å². The number of sulfonamides is 1. The number of rotatable bonds is 7. The van der Waals surface area contributed by atoms with E-state index < -0.39 is 10.0 Å². The van der Waals surface area contributed by atoms with Gasteiger partial charge in [-0.05, 0) is 56.2 Å².